The smallest absolute Gasteiger partial charge is 0.167 e. The molecule has 0 aromatic carbocycles. The van der Waals surface area contributed by atoms with Crippen molar-refractivity contribution in [3.05, 3.63) is 0 Å². The van der Waals surface area contributed by atoms with Crippen molar-refractivity contribution in [2.75, 3.05) is 0 Å². The minimum Gasteiger partial charge on any atom is -0.382 e. The second-order valence-corrected chi connectivity index (χ2v) is 5.05. The van der Waals surface area contributed by atoms with E-state index in [1.54, 1.807) is 6.92 Å². The van der Waals surface area contributed by atoms with Gasteiger partial charge in [0.05, 0.1) is 0 Å². The van der Waals surface area contributed by atoms with E-state index in [9.17, 15) is 9.90 Å². The quantitative estimate of drug-likeness (QED) is 0.778. The predicted molar refractivity (Wildman–Crippen MR) is 61.7 cm³/mol. The first kappa shape index (κ1) is 12.7. The van der Waals surface area contributed by atoms with Crippen LogP contribution in [-0.2, 0) is 4.79 Å². The van der Waals surface area contributed by atoms with Gasteiger partial charge in [0.1, 0.15) is 5.60 Å². The van der Waals surface area contributed by atoms with Gasteiger partial charge < -0.3 is 5.11 Å². The highest BCUT2D eigenvalue weighted by Gasteiger charge is 2.38. The molecule has 0 aliphatic heterocycles. The molecule has 0 aromatic heterocycles. The molecule has 1 saturated carbocycles. The van der Waals surface area contributed by atoms with Crippen molar-refractivity contribution < 1.29 is 9.90 Å². The second kappa shape index (κ2) is 5.11. The fourth-order valence-electron chi connectivity index (χ4n) is 2.62. The molecule has 0 spiro atoms. The fraction of sp³-hybridized carbons (Fsp3) is 0.923. The van der Waals surface area contributed by atoms with Crippen LogP contribution >= 0.6 is 0 Å². The monoisotopic (exact) mass is 212 g/mol. The van der Waals surface area contributed by atoms with Gasteiger partial charge in [-0.2, -0.15) is 0 Å². The van der Waals surface area contributed by atoms with E-state index in [1.807, 2.05) is 6.92 Å². The summed E-state index contributed by atoms with van der Waals surface area (Å²) in [5, 5.41) is 10.0. The van der Waals surface area contributed by atoms with Crippen molar-refractivity contribution in [2.45, 2.75) is 64.9 Å². The van der Waals surface area contributed by atoms with E-state index in [0.29, 0.717) is 12.3 Å². The zero-order valence-corrected chi connectivity index (χ0v) is 10.3. The summed E-state index contributed by atoms with van der Waals surface area (Å²) in [5.74, 6) is 0.694. The predicted octanol–water partition coefficient (Wildman–Crippen LogP) is 2.93. The zero-order chi connectivity index (χ0) is 11.5. The number of aliphatic hydroxyl groups is 1. The minimum atomic E-state index is -1.10. The van der Waals surface area contributed by atoms with Crippen LogP contribution in [0.1, 0.15) is 59.3 Å². The van der Waals surface area contributed by atoms with Gasteiger partial charge in [0.25, 0.3) is 0 Å². The summed E-state index contributed by atoms with van der Waals surface area (Å²) in [6.45, 7) is 5.69. The number of hydrogen-bond donors (Lipinski definition) is 1. The van der Waals surface area contributed by atoms with E-state index in [0.717, 1.165) is 25.7 Å². The first-order chi connectivity index (χ1) is 7.03. The van der Waals surface area contributed by atoms with E-state index in [4.69, 9.17) is 0 Å². The third-order valence-electron chi connectivity index (χ3n) is 3.99. The van der Waals surface area contributed by atoms with Gasteiger partial charge in [-0.3, -0.25) is 4.79 Å². The number of Topliss-reactive ketones (excluding diaryl/α,β-unsaturated/α-hetero) is 1. The van der Waals surface area contributed by atoms with E-state index < -0.39 is 5.60 Å². The van der Waals surface area contributed by atoms with Crippen LogP contribution < -0.4 is 0 Å². The summed E-state index contributed by atoms with van der Waals surface area (Å²) in [5.41, 5.74) is -1.10. The van der Waals surface area contributed by atoms with E-state index in [1.165, 1.54) is 6.42 Å². The molecule has 0 aromatic rings. The van der Waals surface area contributed by atoms with Crippen molar-refractivity contribution in [1.82, 2.24) is 0 Å². The minimum absolute atomic E-state index is 0.0801. The van der Waals surface area contributed by atoms with Gasteiger partial charge in [-0.05, 0) is 32.1 Å². The maximum Gasteiger partial charge on any atom is 0.167 e. The zero-order valence-electron chi connectivity index (χ0n) is 10.3. The number of ketones is 1. The average Bonchev–Trinajstić information content (AvgIpc) is 2.28. The molecule has 0 radical (unpaired) electrons. The van der Waals surface area contributed by atoms with Gasteiger partial charge >= 0.3 is 0 Å². The average molecular weight is 212 g/mol. The van der Waals surface area contributed by atoms with Crippen molar-refractivity contribution in [3.8, 4) is 0 Å². The maximum atomic E-state index is 12.2. The largest absolute Gasteiger partial charge is 0.382 e. The molecule has 1 N–H and O–H groups in total. The molecular formula is C13H24O2. The molecule has 1 rings (SSSR count). The molecule has 3 unspecified atom stereocenters. The molecule has 2 heteroatoms. The van der Waals surface area contributed by atoms with E-state index >= 15 is 0 Å². The van der Waals surface area contributed by atoms with E-state index in [-0.39, 0.29) is 11.7 Å². The number of carbonyl (C=O) groups excluding carboxylic acids is 1. The van der Waals surface area contributed by atoms with Gasteiger partial charge in [0.2, 0.25) is 0 Å². The highest BCUT2D eigenvalue weighted by atomic mass is 16.3. The molecule has 0 heterocycles. The number of hydrogen-bond acceptors (Lipinski definition) is 2. The third-order valence-corrected chi connectivity index (χ3v) is 3.99. The standard InChI is InChI=1S/C13H24O2/c1-4-10-8-6-7-9-11(10)12(14)13(3,15)5-2/h10-11,15H,4-9H2,1-3H3. The Morgan fingerprint density at radius 2 is 1.93 bits per heavy atom. The van der Waals surface area contributed by atoms with Gasteiger partial charge in [0.15, 0.2) is 5.78 Å². The Morgan fingerprint density at radius 1 is 1.33 bits per heavy atom. The Morgan fingerprint density at radius 3 is 2.47 bits per heavy atom. The lowest BCUT2D eigenvalue weighted by Gasteiger charge is -2.34. The van der Waals surface area contributed by atoms with Crippen LogP contribution in [0.25, 0.3) is 0 Å². The highest BCUT2D eigenvalue weighted by molar-refractivity contribution is 5.89. The summed E-state index contributed by atoms with van der Waals surface area (Å²) in [7, 11) is 0. The maximum absolute atomic E-state index is 12.2. The number of rotatable bonds is 4. The Kier molecular flexibility index (Phi) is 4.32. The normalized spacial score (nSPS) is 30.9. The highest BCUT2D eigenvalue weighted by Crippen LogP contribution is 2.35. The van der Waals surface area contributed by atoms with Gasteiger partial charge in [0, 0.05) is 5.92 Å². The van der Waals surface area contributed by atoms with Crippen LogP contribution in [0.15, 0.2) is 0 Å². The molecule has 3 atom stereocenters. The second-order valence-electron chi connectivity index (χ2n) is 5.05. The Balaban J connectivity index is 2.72. The van der Waals surface area contributed by atoms with Crippen molar-refractivity contribution in [2.24, 2.45) is 11.8 Å². The lowest BCUT2D eigenvalue weighted by Crippen LogP contribution is -2.42. The molecule has 1 fully saturated rings. The van der Waals surface area contributed by atoms with Gasteiger partial charge in [-0.1, -0.05) is 33.1 Å². The fourth-order valence-corrected chi connectivity index (χ4v) is 2.62. The van der Waals surface area contributed by atoms with Crippen LogP contribution in [0, 0.1) is 11.8 Å². The summed E-state index contributed by atoms with van der Waals surface area (Å²) in [4.78, 5) is 12.2. The third kappa shape index (κ3) is 2.81. The van der Waals surface area contributed by atoms with Gasteiger partial charge in [-0.15, -0.1) is 0 Å². The molecule has 0 saturated heterocycles. The Labute approximate surface area is 93.1 Å². The van der Waals surface area contributed by atoms with Crippen molar-refractivity contribution in [1.29, 1.82) is 0 Å². The van der Waals surface area contributed by atoms with Crippen LogP contribution in [0.3, 0.4) is 0 Å². The topological polar surface area (TPSA) is 37.3 Å². The molecule has 2 nitrogen and oxygen atoms in total. The molecule has 88 valence electrons. The lowest BCUT2D eigenvalue weighted by atomic mass is 9.72. The SMILES string of the molecule is CCC1CCCCC1C(=O)C(C)(O)CC. The Bertz CT molecular complexity index is 221. The van der Waals surface area contributed by atoms with Crippen molar-refractivity contribution in [3.63, 3.8) is 0 Å². The van der Waals surface area contributed by atoms with Crippen LogP contribution in [-0.4, -0.2) is 16.5 Å². The summed E-state index contributed by atoms with van der Waals surface area (Å²) < 4.78 is 0. The molecule has 0 amide bonds. The summed E-state index contributed by atoms with van der Waals surface area (Å²) >= 11 is 0. The van der Waals surface area contributed by atoms with Crippen LogP contribution in [0.2, 0.25) is 0 Å². The molecule has 0 bridgehead atoms. The molecular weight excluding hydrogens is 188 g/mol. The molecule has 1 aliphatic carbocycles. The first-order valence-electron chi connectivity index (χ1n) is 6.29. The van der Waals surface area contributed by atoms with Crippen molar-refractivity contribution >= 4 is 5.78 Å². The lowest BCUT2D eigenvalue weighted by molar-refractivity contribution is -0.143. The summed E-state index contributed by atoms with van der Waals surface area (Å²) in [6, 6.07) is 0. The summed E-state index contributed by atoms with van der Waals surface area (Å²) in [6.07, 6.45) is 6.12. The first-order valence-corrected chi connectivity index (χ1v) is 6.29. The van der Waals surface area contributed by atoms with Gasteiger partial charge in [-0.25, -0.2) is 0 Å². The Hall–Kier alpha value is -0.370. The van der Waals surface area contributed by atoms with E-state index in [2.05, 4.69) is 6.92 Å². The molecule has 15 heavy (non-hydrogen) atoms. The molecule has 1 aliphatic rings. The van der Waals surface area contributed by atoms with Crippen LogP contribution in [0.5, 0.6) is 0 Å². The van der Waals surface area contributed by atoms with Crippen LogP contribution in [0.4, 0.5) is 0 Å². The number of carbonyl (C=O) groups is 1.